The molecule has 0 heterocycles. The van der Waals surface area contributed by atoms with Crippen molar-refractivity contribution in [1.82, 2.24) is 5.32 Å². The van der Waals surface area contributed by atoms with E-state index < -0.39 is 0 Å². The Hall–Kier alpha value is -1.02. The third-order valence-electron chi connectivity index (χ3n) is 5.21. The molecule has 0 aliphatic heterocycles. The Morgan fingerprint density at radius 2 is 1.95 bits per heavy atom. The van der Waals surface area contributed by atoms with Crippen LogP contribution in [0, 0.1) is 17.8 Å². The monoisotopic (exact) mass is 275 g/mol. The molecule has 2 rings (SSSR count). The zero-order valence-corrected chi connectivity index (χ0v) is 13.4. The van der Waals surface area contributed by atoms with Gasteiger partial charge in [0.05, 0.1) is 7.11 Å². The van der Waals surface area contributed by atoms with Crippen LogP contribution in [0.25, 0.3) is 0 Å². The van der Waals surface area contributed by atoms with Crippen LogP contribution in [-0.2, 0) is 6.42 Å². The summed E-state index contributed by atoms with van der Waals surface area (Å²) in [5.41, 5.74) is 1.32. The van der Waals surface area contributed by atoms with E-state index in [1.807, 2.05) is 6.07 Å². The summed E-state index contributed by atoms with van der Waals surface area (Å²) in [7, 11) is 3.86. The largest absolute Gasteiger partial charge is 0.496 e. The molecule has 1 N–H and O–H groups in total. The van der Waals surface area contributed by atoms with Crippen molar-refractivity contribution < 1.29 is 4.74 Å². The summed E-state index contributed by atoms with van der Waals surface area (Å²) in [4.78, 5) is 0. The quantitative estimate of drug-likeness (QED) is 0.880. The first-order chi connectivity index (χ1) is 9.65. The van der Waals surface area contributed by atoms with E-state index in [0.717, 1.165) is 29.9 Å². The van der Waals surface area contributed by atoms with Gasteiger partial charge in [0.15, 0.2) is 0 Å². The van der Waals surface area contributed by atoms with Gasteiger partial charge >= 0.3 is 0 Å². The molecule has 112 valence electrons. The first kappa shape index (κ1) is 15.4. The van der Waals surface area contributed by atoms with Crippen LogP contribution in [0.1, 0.15) is 38.7 Å². The molecule has 20 heavy (non-hydrogen) atoms. The smallest absolute Gasteiger partial charge is 0.122 e. The van der Waals surface area contributed by atoms with Crippen molar-refractivity contribution in [2.75, 3.05) is 14.2 Å². The molecule has 1 aliphatic carbocycles. The van der Waals surface area contributed by atoms with Gasteiger partial charge in [-0.2, -0.15) is 0 Å². The van der Waals surface area contributed by atoms with Crippen LogP contribution < -0.4 is 10.1 Å². The number of hydrogen-bond donors (Lipinski definition) is 1. The number of nitrogens with one attached hydrogen (secondary N) is 1. The van der Waals surface area contributed by atoms with Crippen molar-refractivity contribution in [2.24, 2.45) is 17.8 Å². The van der Waals surface area contributed by atoms with Crippen molar-refractivity contribution in [2.45, 2.75) is 45.6 Å². The molecule has 1 saturated carbocycles. The molecule has 0 spiro atoms. The number of ether oxygens (including phenoxy) is 1. The third kappa shape index (κ3) is 3.54. The fourth-order valence-corrected chi connectivity index (χ4v) is 3.57. The second-order valence-electron chi connectivity index (χ2n) is 6.44. The Labute approximate surface area is 123 Å². The number of hydrogen-bond acceptors (Lipinski definition) is 2. The highest BCUT2D eigenvalue weighted by Crippen LogP contribution is 2.36. The van der Waals surface area contributed by atoms with E-state index in [-0.39, 0.29) is 0 Å². The van der Waals surface area contributed by atoms with Crippen molar-refractivity contribution in [3.63, 3.8) is 0 Å². The number of para-hydroxylation sites is 1. The van der Waals surface area contributed by atoms with Gasteiger partial charge in [0.2, 0.25) is 0 Å². The van der Waals surface area contributed by atoms with E-state index in [1.54, 1.807) is 7.11 Å². The first-order valence-corrected chi connectivity index (χ1v) is 7.94. The number of rotatable bonds is 5. The molecular weight excluding hydrogens is 246 g/mol. The van der Waals surface area contributed by atoms with Crippen molar-refractivity contribution in [3.05, 3.63) is 29.8 Å². The first-order valence-electron chi connectivity index (χ1n) is 7.94. The van der Waals surface area contributed by atoms with E-state index in [0.29, 0.717) is 6.04 Å². The van der Waals surface area contributed by atoms with Gasteiger partial charge in [-0.25, -0.2) is 0 Å². The van der Waals surface area contributed by atoms with Crippen LogP contribution in [0.2, 0.25) is 0 Å². The van der Waals surface area contributed by atoms with E-state index >= 15 is 0 Å². The molecule has 1 fully saturated rings. The molecule has 0 aromatic heterocycles. The molecule has 4 atom stereocenters. The normalized spacial score (nSPS) is 28.1. The van der Waals surface area contributed by atoms with E-state index in [9.17, 15) is 0 Å². The average molecular weight is 275 g/mol. The van der Waals surface area contributed by atoms with E-state index in [4.69, 9.17) is 4.74 Å². The fraction of sp³-hybridized carbons (Fsp3) is 0.667. The van der Waals surface area contributed by atoms with Gasteiger partial charge in [-0.1, -0.05) is 38.5 Å². The van der Waals surface area contributed by atoms with Crippen LogP contribution in [0.4, 0.5) is 0 Å². The standard InChI is InChI=1S/C18H29NO/c1-13-9-10-15(11-14(13)2)17(19-3)12-16-7-5-6-8-18(16)20-4/h5-8,13-15,17,19H,9-12H2,1-4H3. The Kier molecular flexibility index (Phi) is 5.47. The summed E-state index contributed by atoms with van der Waals surface area (Å²) in [5, 5.41) is 3.55. The molecule has 0 saturated heterocycles. The van der Waals surface area contributed by atoms with Gasteiger partial charge in [0.1, 0.15) is 5.75 Å². The third-order valence-corrected chi connectivity index (χ3v) is 5.21. The lowest BCUT2D eigenvalue weighted by Gasteiger charge is -2.37. The molecule has 0 amide bonds. The highest BCUT2D eigenvalue weighted by Gasteiger charge is 2.29. The molecular formula is C18H29NO. The predicted octanol–water partition coefficient (Wildman–Crippen LogP) is 3.90. The minimum Gasteiger partial charge on any atom is -0.496 e. The van der Waals surface area contributed by atoms with Gasteiger partial charge in [0, 0.05) is 6.04 Å². The van der Waals surface area contributed by atoms with E-state index in [2.05, 4.69) is 44.4 Å². The number of methoxy groups -OCH3 is 1. The SMILES string of the molecule is CNC(Cc1ccccc1OC)C1CCC(C)C(C)C1. The summed E-state index contributed by atoms with van der Waals surface area (Å²) in [5.74, 6) is 3.54. The molecule has 0 radical (unpaired) electrons. The van der Waals surface area contributed by atoms with Crippen LogP contribution in [0.3, 0.4) is 0 Å². The zero-order chi connectivity index (χ0) is 14.5. The summed E-state index contributed by atoms with van der Waals surface area (Å²) >= 11 is 0. The van der Waals surface area contributed by atoms with Gasteiger partial charge in [-0.3, -0.25) is 0 Å². The summed E-state index contributed by atoms with van der Waals surface area (Å²) < 4.78 is 5.49. The average Bonchev–Trinajstić information content (AvgIpc) is 2.48. The molecule has 1 aromatic carbocycles. The van der Waals surface area contributed by atoms with Crippen LogP contribution >= 0.6 is 0 Å². The summed E-state index contributed by atoms with van der Waals surface area (Å²) in [6.45, 7) is 4.81. The maximum absolute atomic E-state index is 5.49. The minimum absolute atomic E-state index is 0.557. The minimum atomic E-state index is 0.557. The lowest BCUT2D eigenvalue weighted by molar-refractivity contribution is 0.173. The lowest BCUT2D eigenvalue weighted by atomic mass is 9.72. The Balaban J connectivity index is 2.05. The van der Waals surface area contributed by atoms with Crippen molar-refractivity contribution in [1.29, 1.82) is 0 Å². The molecule has 1 aliphatic rings. The molecule has 4 unspecified atom stereocenters. The zero-order valence-electron chi connectivity index (χ0n) is 13.4. The summed E-state index contributed by atoms with van der Waals surface area (Å²) in [6.07, 6.45) is 5.14. The topological polar surface area (TPSA) is 21.3 Å². The molecule has 0 bridgehead atoms. The van der Waals surface area contributed by atoms with Crippen molar-refractivity contribution >= 4 is 0 Å². The maximum Gasteiger partial charge on any atom is 0.122 e. The second-order valence-corrected chi connectivity index (χ2v) is 6.44. The molecule has 2 heteroatoms. The predicted molar refractivity (Wildman–Crippen MR) is 85.2 cm³/mol. The maximum atomic E-state index is 5.49. The Morgan fingerprint density at radius 1 is 1.20 bits per heavy atom. The lowest BCUT2D eigenvalue weighted by Crippen LogP contribution is -2.39. The van der Waals surface area contributed by atoms with Gasteiger partial charge in [0.25, 0.3) is 0 Å². The van der Waals surface area contributed by atoms with E-state index in [1.165, 1.54) is 24.8 Å². The highest BCUT2D eigenvalue weighted by molar-refractivity contribution is 5.34. The van der Waals surface area contributed by atoms with Crippen LogP contribution in [0.5, 0.6) is 5.75 Å². The van der Waals surface area contributed by atoms with Gasteiger partial charge < -0.3 is 10.1 Å². The Bertz CT molecular complexity index is 418. The number of likely N-dealkylation sites (N-methyl/N-ethyl adjacent to an activating group) is 1. The van der Waals surface area contributed by atoms with Crippen molar-refractivity contribution in [3.8, 4) is 5.75 Å². The second kappa shape index (κ2) is 7.12. The number of benzene rings is 1. The van der Waals surface area contributed by atoms with Gasteiger partial charge in [-0.15, -0.1) is 0 Å². The summed E-state index contributed by atoms with van der Waals surface area (Å²) in [6, 6.07) is 8.96. The fourth-order valence-electron chi connectivity index (χ4n) is 3.57. The molecule has 1 aromatic rings. The van der Waals surface area contributed by atoms with Crippen LogP contribution in [0.15, 0.2) is 24.3 Å². The van der Waals surface area contributed by atoms with Crippen LogP contribution in [-0.4, -0.2) is 20.2 Å². The highest BCUT2D eigenvalue weighted by atomic mass is 16.5. The molecule has 2 nitrogen and oxygen atoms in total. The van der Waals surface area contributed by atoms with Gasteiger partial charge in [-0.05, 0) is 55.7 Å². The Morgan fingerprint density at radius 3 is 2.60 bits per heavy atom.